The Hall–Kier alpha value is 0.0900. The fraction of sp³-hybridized carbons (Fsp3) is 0.200. The maximum atomic E-state index is 6.07. The Balaban J connectivity index is 2.54. The van der Waals surface area contributed by atoms with E-state index in [1.165, 1.54) is 11.3 Å². The van der Waals surface area contributed by atoms with Gasteiger partial charge in [-0.1, -0.05) is 30.1 Å². The van der Waals surface area contributed by atoms with Crippen LogP contribution in [0.2, 0.25) is 10.2 Å². The summed E-state index contributed by atoms with van der Waals surface area (Å²) < 4.78 is 0.924. The van der Waals surface area contributed by atoms with Crippen LogP contribution in [0.1, 0.15) is 12.6 Å². The molecule has 0 atom stereocenters. The molecule has 2 rings (SSSR count). The van der Waals surface area contributed by atoms with Gasteiger partial charge in [0.2, 0.25) is 0 Å². The fourth-order valence-corrected chi connectivity index (χ4v) is 3.06. The summed E-state index contributed by atoms with van der Waals surface area (Å²) in [5.74, 6) is 0.652. The Bertz CT molecular complexity index is 528. The van der Waals surface area contributed by atoms with Crippen molar-refractivity contribution in [2.45, 2.75) is 13.3 Å². The first-order valence-electron chi connectivity index (χ1n) is 4.58. The minimum Gasteiger partial charge on any atom is -0.231 e. The standard InChI is InChI=1S/C10H7Cl2IN2S/c1-2-6-8(13)9(12)15-10(14-6)7-3-5(11)4-16-7/h3-4H,2H2,1H3. The van der Waals surface area contributed by atoms with Crippen molar-refractivity contribution in [3.63, 3.8) is 0 Å². The molecule has 16 heavy (non-hydrogen) atoms. The predicted octanol–water partition coefficient (Wildman–Crippen LogP) is 4.68. The van der Waals surface area contributed by atoms with Gasteiger partial charge in [-0.15, -0.1) is 11.3 Å². The number of halogens is 3. The van der Waals surface area contributed by atoms with E-state index in [2.05, 4.69) is 32.6 Å². The second kappa shape index (κ2) is 5.16. The first-order valence-corrected chi connectivity index (χ1v) is 7.29. The van der Waals surface area contributed by atoms with Crippen molar-refractivity contribution in [1.29, 1.82) is 0 Å². The predicted molar refractivity (Wildman–Crippen MR) is 77.5 cm³/mol. The number of aromatic nitrogens is 2. The molecular weight excluding hydrogens is 378 g/mol. The molecule has 2 heterocycles. The number of nitrogens with zero attached hydrogens (tertiary/aromatic N) is 2. The number of aryl methyl sites for hydroxylation is 1. The highest BCUT2D eigenvalue weighted by Gasteiger charge is 2.12. The van der Waals surface area contributed by atoms with E-state index in [0.29, 0.717) is 16.0 Å². The molecule has 0 unspecified atom stereocenters. The average Bonchev–Trinajstić information content (AvgIpc) is 2.69. The van der Waals surface area contributed by atoms with Crippen molar-refractivity contribution < 1.29 is 0 Å². The molecule has 2 aromatic heterocycles. The number of thiophene rings is 1. The Morgan fingerprint density at radius 3 is 2.69 bits per heavy atom. The lowest BCUT2D eigenvalue weighted by Crippen LogP contribution is -1.98. The molecule has 0 aliphatic carbocycles. The van der Waals surface area contributed by atoms with Crippen LogP contribution < -0.4 is 0 Å². The lowest BCUT2D eigenvalue weighted by molar-refractivity contribution is 0.992. The second-order valence-corrected chi connectivity index (χ2v) is 5.87. The van der Waals surface area contributed by atoms with Crippen molar-refractivity contribution in [3.05, 3.63) is 30.9 Å². The van der Waals surface area contributed by atoms with E-state index in [9.17, 15) is 0 Å². The molecule has 0 saturated heterocycles. The summed E-state index contributed by atoms with van der Waals surface area (Å²) in [6.45, 7) is 2.05. The zero-order valence-electron chi connectivity index (χ0n) is 8.30. The molecule has 0 aliphatic heterocycles. The highest BCUT2D eigenvalue weighted by molar-refractivity contribution is 14.1. The summed E-state index contributed by atoms with van der Waals surface area (Å²) in [6.07, 6.45) is 0.840. The Kier molecular flexibility index (Phi) is 4.05. The molecule has 2 nitrogen and oxygen atoms in total. The molecule has 0 aromatic carbocycles. The van der Waals surface area contributed by atoms with Gasteiger partial charge in [0.15, 0.2) is 5.82 Å². The topological polar surface area (TPSA) is 25.8 Å². The van der Waals surface area contributed by atoms with Gasteiger partial charge in [0.25, 0.3) is 0 Å². The molecule has 0 amide bonds. The van der Waals surface area contributed by atoms with E-state index in [0.717, 1.165) is 20.6 Å². The number of hydrogen-bond acceptors (Lipinski definition) is 3. The second-order valence-electron chi connectivity index (χ2n) is 3.08. The highest BCUT2D eigenvalue weighted by Crippen LogP contribution is 2.30. The maximum Gasteiger partial charge on any atom is 0.171 e. The minimum absolute atomic E-state index is 0.506. The van der Waals surface area contributed by atoms with Crippen LogP contribution in [0.4, 0.5) is 0 Å². The van der Waals surface area contributed by atoms with Crippen molar-refractivity contribution >= 4 is 57.1 Å². The minimum atomic E-state index is 0.506. The van der Waals surface area contributed by atoms with Crippen molar-refractivity contribution in [1.82, 2.24) is 9.97 Å². The first-order chi connectivity index (χ1) is 7.61. The zero-order chi connectivity index (χ0) is 11.7. The summed E-state index contributed by atoms with van der Waals surface area (Å²) in [7, 11) is 0. The van der Waals surface area contributed by atoms with E-state index in [-0.39, 0.29) is 0 Å². The van der Waals surface area contributed by atoms with Crippen LogP contribution in [-0.4, -0.2) is 9.97 Å². The van der Waals surface area contributed by atoms with Gasteiger partial charge in [0, 0.05) is 5.38 Å². The van der Waals surface area contributed by atoms with Crippen LogP contribution in [0.5, 0.6) is 0 Å². The Morgan fingerprint density at radius 1 is 1.38 bits per heavy atom. The lowest BCUT2D eigenvalue weighted by atomic mass is 10.3. The zero-order valence-corrected chi connectivity index (χ0v) is 12.8. The van der Waals surface area contributed by atoms with Gasteiger partial charge in [-0.3, -0.25) is 0 Å². The smallest absolute Gasteiger partial charge is 0.171 e. The van der Waals surface area contributed by atoms with Crippen molar-refractivity contribution in [2.24, 2.45) is 0 Å². The number of rotatable bonds is 2. The van der Waals surface area contributed by atoms with Crippen molar-refractivity contribution in [2.75, 3.05) is 0 Å². The van der Waals surface area contributed by atoms with Gasteiger partial charge in [-0.25, -0.2) is 9.97 Å². The Labute approximate surface area is 121 Å². The van der Waals surface area contributed by atoms with Crippen LogP contribution in [0, 0.1) is 3.57 Å². The molecule has 0 spiro atoms. The SMILES string of the molecule is CCc1nc(-c2cc(Cl)cs2)nc(Cl)c1I. The maximum absolute atomic E-state index is 6.07. The number of hydrogen-bond donors (Lipinski definition) is 0. The highest BCUT2D eigenvalue weighted by atomic mass is 127. The molecule has 84 valence electrons. The summed E-state index contributed by atoms with van der Waals surface area (Å²) in [6, 6.07) is 1.85. The van der Waals surface area contributed by atoms with Crippen LogP contribution in [0.3, 0.4) is 0 Å². The van der Waals surface area contributed by atoms with Crippen molar-refractivity contribution in [3.8, 4) is 10.7 Å². The van der Waals surface area contributed by atoms with Crippen LogP contribution >= 0.6 is 57.1 Å². The average molecular weight is 385 g/mol. The summed E-state index contributed by atoms with van der Waals surface area (Å²) in [4.78, 5) is 9.69. The van der Waals surface area contributed by atoms with Crippen LogP contribution in [0.25, 0.3) is 10.7 Å². The molecule has 6 heteroatoms. The molecule has 0 bridgehead atoms. The van der Waals surface area contributed by atoms with E-state index >= 15 is 0 Å². The van der Waals surface area contributed by atoms with Crippen LogP contribution in [-0.2, 0) is 6.42 Å². The van der Waals surface area contributed by atoms with E-state index in [1.807, 2.05) is 18.4 Å². The van der Waals surface area contributed by atoms with Gasteiger partial charge < -0.3 is 0 Å². The van der Waals surface area contributed by atoms with Gasteiger partial charge in [-0.05, 0) is 35.1 Å². The summed E-state index contributed by atoms with van der Waals surface area (Å²) in [5, 5.41) is 3.07. The molecule has 2 aromatic rings. The van der Waals surface area contributed by atoms with Gasteiger partial charge >= 0.3 is 0 Å². The van der Waals surface area contributed by atoms with E-state index in [4.69, 9.17) is 23.2 Å². The molecular formula is C10H7Cl2IN2S. The summed E-state index contributed by atoms with van der Waals surface area (Å²) in [5.41, 5.74) is 0.972. The Morgan fingerprint density at radius 2 is 2.12 bits per heavy atom. The monoisotopic (exact) mass is 384 g/mol. The van der Waals surface area contributed by atoms with Gasteiger partial charge in [-0.2, -0.15) is 0 Å². The van der Waals surface area contributed by atoms with Gasteiger partial charge in [0.1, 0.15) is 5.15 Å². The van der Waals surface area contributed by atoms with Crippen LogP contribution in [0.15, 0.2) is 11.4 Å². The lowest BCUT2D eigenvalue weighted by Gasteiger charge is -2.04. The quantitative estimate of drug-likeness (QED) is 0.555. The molecule has 0 aliphatic rings. The van der Waals surface area contributed by atoms with E-state index in [1.54, 1.807) is 0 Å². The molecule has 0 N–H and O–H groups in total. The molecule has 0 fully saturated rings. The first kappa shape index (κ1) is 12.5. The largest absolute Gasteiger partial charge is 0.231 e. The van der Waals surface area contributed by atoms with Gasteiger partial charge in [0.05, 0.1) is 19.2 Å². The third kappa shape index (κ3) is 2.50. The van der Waals surface area contributed by atoms with E-state index < -0.39 is 0 Å². The molecule has 0 radical (unpaired) electrons. The third-order valence-electron chi connectivity index (χ3n) is 2.00. The normalized spacial score (nSPS) is 10.8. The molecule has 0 saturated carbocycles. The third-order valence-corrected chi connectivity index (χ3v) is 5.00. The fourth-order valence-electron chi connectivity index (χ4n) is 1.24. The summed E-state index contributed by atoms with van der Waals surface area (Å²) >= 11 is 15.6.